The minimum Gasteiger partial charge on any atom is -0.265 e. The van der Waals surface area contributed by atoms with E-state index in [9.17, 15) is 5.26 Å². The minimum absolute atomic E-state index is 0.192. The maximum Gasteiger partial charge on any atom is 0.0667 e. The fourth-order valence-electron chi connectivity index (χ4n) is 3.00. The standard InChI is InChI=1S/C17H24N2S/c1-4-17(2,3)14-6-5-13(12-18)16(11-14)20-15-7-9-19-10-8-15/h7-10,13-14,16H,4-6,11H2,1-3H3. The smallest absolute Gasteiger partial charge is 0.0667 e. The third-order valence-corrected chi connectivity index (χ3v) is 6.28. The maximum atomic E-state index is 9.41. The first kappa shape index (κ1) is 15.4. The fraction of sp³-hybridized carbons (Fsp3) is 0.647. The van der Waals surface area contributed by atoms with Crippen LogP contribution in [0.15, 0.2) is 29.4 Å². The van der Waals surface area contributed by atoms with E-state index in [0.29, 0.717) is 10.7 Å². The molecule has 3 atom stereocenters. The van der Waals surface area contributed by atoms with E-state index in [4.69, 9.17) is 0 Å². The number of hydrogen-bond donors (Lipinski definition) is 0. The molecule has 0 N–H and O–H groups in total. The van der Waals surface area contributed by atoms with Crippen molar-refractivity contribution in [2.24, 2.45) is 17.3 Å². The van der Waals surface area contributed by atoms with Gasteiger partial charge >= 0.3 is 0 Å². The Morgan fingerprint density at radius 2 is 2.05 bits per heavy atom. The van der Waals surface area contributed by atoms with E-state index in [1.165, 1.54) is 17.7 Å². The number of rotatable bonds is 4. The van der Waals surface area contributed by atoms with Gasteiger partial charge in [-0.1, -0.05) is 27.2 Å². The topological polar surface area (TPSA) is 36.7 Å². The lowest BCUT2D eigenvalue weighted by Crippen LogP contribution is -2.34. The fourth-order valence-corrected chi connectivity index (χ4v) is 4.32. The van der Waals surface area contributed by atoms with Gasteiger partial charge in [0.15, 0.2) is 0 Å². The Balaban J connectivity index is 2.09. The second-order valence-corrected chi connectivity index (χ2v) is 7.74. The average molecular weight is 288 g/mol. The van der Waals surface area contributed by atoms with Gasteiger partial charge in [0.25, 0.3) is 0 Å². The summed E-state index contributed by atoms with van der Waals surface area (Å²) in [5.74, 6) is 0.925. The molecule has 0 aromatic carbocycles. The van der Waals surface area contributed by atoms with Crippen molar-refractivity contribution in [3.63, 3.8) is 0 Å². The van der Waals surface area contributed by atoms with Crippen LogP contribution in [0.25, 0.3) is 0 Å². The minimum atomic E-state index is 0.192. The first-order chi connectivity index (χ1) is 9.56. The largest absolute Gasteiger partial charge is 0.265 e. The normalized spacial score (nSPS) is 27.0. The Labute approximate surface area is 127 Å². The summed E-state index contributed by atoms with van der Waals surface area (Å²) in [5, 5.41) is 9.83. The molecular weight excluding hydrogens is 264 g/mol. The van der Waals surface area contributed by atoms with Crippen LogP contribution in [0.3, 0.4) is 0 Å². The molecule has 0 bridgehead atoms. The molecule has 1 saturated carbocycles. The zero-order valence-corrected chi connectivity index (χ0v) is 13.5. The number of thioether (sulfide) groups is 1. The van der Waals surface area contributed by atoms with Crippen molar-refractivity contribution in [2.45, 2.75) is 56.6 Å². The molecule has 1 aliphatic carbocycles. The molecule has 0 amide bonds. The van der Waals surface area contributed by atoms with Crippen LogP contribution in [0.5, 0.6) is 0 Å². The van der Waals surface area contributed by atoms with Crippen LogP contribution in [-0.2, 0) is 0 Å². The van der Waals surface area contributed by atoms with Crippen LogP contribution in [0.4, 0.5) is 0 Å². The Bertz CT molecular complexity index is 464. The molecule has 0 saturated heterocycles. The molecule has 3 unspecified atom stereocenters. The lowest BCUT2D eigenvalue weighted by molar-refractivity contribution is 0.144. The van der Waals surface area contributed by atoms with E-state index >= 15 is 0 Å². The molecule has 2 rings (SSSR count). The Morgan fingerprint density at radius 3 is 2.65 bits per heavy atom. The van der Waals surface area contributed by atoms with Crippen LogP contribution in [-0.4, -0.2) is 10.2 Å². The second-order valence-electron chi connectivity index (χ2n) is 6.43. The molecule has 20 heavy (non-hydrogen) atoms. The van der Waals surface area contributed by atoms with E-state index in [1.807, 2.05) is 36.3 Å². The van der Waals surface area contributed by atoms with E-state index in [1.54, 1.807) is 0 Å². The molecule has 3 heteroatoms. The Morgan fingerprint density at radius 1 is 1.35 bits per heavy atom. The van der Waals surface area contributed by atoms with Crippen molar-refractivity contribution in [3.8, 4) is 6.07 Å². The number of hydrogen-bond acceptors (Lipinski definition) is 3. The third-order valence-electron chi connectivity index (χ3n) is 4.91. The van der Waals surface area contributed by atoms with Crippen molar-refractivity contribution in [2.75, 3.05) is 0 Å². The SMILES string of the molecule is CCC(C)(C)C1CCC(C#N)C(Sc2ccncc2)C1. The molecule has 108 valence electrons. The summed E-state index contributed by atoms with van der Waals surface area (Å²) < 4.78 is 0. The summed E-state index contributed by atoms with van der Waals surface area (Å²) in [6.45, 7) is 7.03. The molecule has 1 aromatic heterocycles. The lowest BCUT2D eigenvalue weighted by Gasteiger charge is -2.41. The molecule has 0 spiro atoms. The summed E-state index contributed by atoms with van der Waals surface area (Å²) >= 11 is 1.87. The van der Waals surface area contributed by atoms with Gasteiger partial charge in [0.1, 0.15) is 0 Å². The molecular formula is C17H24N2S. The van der Waals surface area contributed by atoms with Gasteiger partial charge in [-0.05, 0) is 42.7 Å². The van der Waals surface area contributed by atoms with Crippen molar-refractivity contribution < 1.29 is 0 Å². The maximum absolute atomic E-state index is 9.41. The van der Waals surface area contributed by atoms with Crippen LogP contribution in [0.2, 0.25) is 0 Å². The lowest BCUT2D eigenvalue weighted by atomic mass is 9.67. The van der Waals surface area contributed by atoms with Gasteiger partial charge in [-0.25, -0.2) is 0 Å². The van der Waals surface area contributed by atoms with Gasteiger partial charge in [0.05, 0.1) is 12.0 Å². The molecule has 0 radical (unpaired) electrons. The summed E-state index contributed by atoms with van der Waals surface area (Å²) in [6.07, 6.45) is 8.29. The van der Waals surface area contributed by atoms with Gasteiger partial charge in [-0.15, -0.1) is 11.8 Å². The van der Waals surface area contributed by atoms with Crippen LogP contribution < -0.4 is 0 Å². The van der Waals surface area contributed by atoms with E-state index in [-0.39, 0.29) is 5.92 Å². The van der Waals surface area contributed by atoms with E-state index < -0.39 is 0 Å². The number of aromatic nitrogens is 1. The summed E-state index contributed by atoms with van der Waals surface area (Å²) in [4.78, 5) is 5.30. The van der Waals surface area contributed by atoms with Crippen molar-refractivity contribution >= 4 is 11.8 Å². The van der Waals surface area contributed by atoms with Gasteiger partial charge in [-0.2, -0.15) is 5.26 Å². The molecule has 1 aliphatic rings. The van der Waals surface area contributed by atoms with E-state index in [2.05, 4.69) is 31.8 Å². The van der Waals surface area contributed by atoms with Crippen molar-refractivity contribution in [3.05, 3.63) is 24.5 Å². The van der Waals surface area contributed by atoms with Gasteiger partial charge in [-0.3, -0.25) is 4.98 Å². The number of pyridine rings is 1. The summed E-state index contributed by atoms with van der Waals surface area (Å²) in [7, 11) is 0. The molecule has 1 aromatic rings. The first-order valence-corrected chi connectivity index (χ1v) is 8.41. The Hall–Kier alpha value is -1.01. The summed E-state index contributed by atoms with van der Waals surface area (Å²) in [6, 6.07) is 6.63. The Kier molecular flexibility index (Phi) is 5.10. The molecule has 1 heterocycles. The van der Waals surface area contributed by atoms with Gasteiger partial charge in [0.2, 0.25) is 0 Å². The van der Waals surface area contributed by atoms with Gasteiger partial charge < -0.3 is 0 Å². The zero-order chi connectivity index (χ0) is 14.6. The second kappa shape index (κ2) is 6.63. The highest BCUT2D eigenvalue weighted by Crippen LogP contribution is 2.46. The zero-order valence-electron chi connectivity index (χ0n) is 12.7. The highest BCUT2D eigenvalue weighted by molar-refractivity contribution is 8.00. The van der Waals surface area contributed by atoms with E-state index in [0.717, 1.165) is 18.8 Å². The van der Waals surface area contributed by atoms with Crippen LogP contribution >= 0.6 is 11.8 Å². The number of nitrogens with zero attached hydrogens (tertiary/aromatic N) is 2. The van der Waals surface area contributed by atoms with Crippen molar-refractivity contribution in [1.82, 2.24) is 4.98 Å². The number of nitriles is 1. The highest BCUT2D eigenvalue weighted by Gasteiger charge is 2.37. The molecule has 0 aliphatic heterocycles. The monoisotopic (exact) mass is 288 g/mol. The predicted molar refractivity (Wildman–Crippen MR) is 84.4 cm³/mol. The molecule has 2 nitrogen and oxygen atoms in total. The van der Waals surface area contributed by atoms with Crippen LogP contribution in [0.1, 0.15) is 46.5 Å². The predicted octanol–water partition coefficient (Wildman–Crippen LogP) is 4.92. The average Bonchev–Trinajstić information content (AvgIpc) is 2.48. The quantitative estimate of drug-likeness (QED) is 0.789. The molecule has 1 fully saturated rings. The third kappa shape index (κ3) is 3.55. The van der Waals surface area contributed by atoms with Crippen molar-refractivity contribution in [1.29, 1.82) is 5.26 Å². The highest BCUT2D eigenvalue weighted by atomic mass is 32.2. The van der Waals surface area contributed by atoms with Gasteiger partial charge in [0, 0.05) is 22.5 Å². The first-order valence-electron chi connectivity index (χ1n) is 7.53. The summed E-state index contributed by atoms with van der Waals surface area (Å²) in [5.41, 5.74) is 0.386. The van der Waals surface area contributed by atoms with Crippen LogP contribution in [0, 0.1) is 28.6 Å².